The lowest BCUT2D eigenvalue weighted by molar-refractivity contribution is 0.226. The zero-order valence-corrected chi connectivity index (χ0v) is 18.8. The van der Waals surface area contributed by atoms with Crippen LogP contribution in [0.4, 0.5) is 14.5 Å². The average molecular weight is 475 g/mol. The number of nitrogens with zero attached hydrogens (tertiary/aromatic N) is 2. The standard InChI is InChI=1S/C23H24F2N4O3S/c1-14(15-8-17(24)10-18(25)9-15)32-20-2-3-22(26)21(11-20)23(27)16-12-28-29(13-16)19-4-6-33(30,31)7-5-19/h2-3,8-14,19,27H,4-7,26H2,1H3/t14-/m1/s1. The van der Waals surface area contributed by atoms with Crippen LogP contribution in [0.2, 0.25) is 0 Å². The molecule has 0 bridgehead atoms. The molecule has 1 aliphatic rings. The van der Waals surface area contributed by atoms with Gasteiger partial charge in [-0.15, -0.1) is 0 Å². The van der Waals surface area contributed by atoms with Gasteiger partial charge in [-0.3, -0.25) is 10.1 Å². The van der Waals surface area contributed by atoms with Crippen molar-refractivity contribution in [2.24, 2.45) is 0 Å². The lowest BCUT2D eigenvalue weighted by Gasteiger charge is -2.22. The van der Waals surface area contributed by atoms with Gasteiger partial charge in [0.15, 0.2) is 0 Å². The molecule has 0 saturated carbocycles. The third-order valence-corrected chi connectivity index (χ3v) is 7.47. The summed E-state index contributed by atoms with van der Waals surface area (Å²) in [6.07, 6.45) is 3.61. The minimum Gasteiger partial charge on any atom is -0.486 e. The number of halogens is 2. The largest absolute Gasteiger partial charge is 0.486 e. The number of hydrogen-bond acceptors (Lipinski definition) is 6. The fourth-order valence-electron chi connectivity index (χ4n) is 3.87. The quantitative estimate of drug-likeness (QED) is 0.414. The molecule has 0 aliphatic carbocycles. The SMILES string of the molecule is C[C@@H](Oc1ccc(N)c(C(=N)c2cnn(C3CCS(=O)(=O)CC3)c2)c1)c1cc(F)cc(F)c1. The van der Waals surface area contributed by atoms with Crippen LogP contribution in [0.25, 0.3) is 0 Å². The molecule has 1 fully saturated rings. The molecule has 4 rings (SSSR count). The van der Waals surface area contributed by atoms with E-state index in [4.69, 9.17) is 15.9 Å². The number of nitrogens with one attached hydrogen (secondary N) is 1. The highest BCUT2D eigenvalue weighted by molar-refractivity contribution is 7.91. The van der Waals surface area contributed by atoms with Gasteiger partial charge in [0.05, 0.1) is 29.5 Å². The van der Waals surface area contributed by atoms with Gasteiger partial charge in [0.25, 0.3) is 0 Å². The second-order valence-corrected chi connectivity index (χ2v) is 10.5. The van der Waals surface area contributed by atoms with Crippen LogP contribution in [0.5, 0.6) is 5.75 Å². The number of rotatable bonds is 6. The number of benzene rings is 2. The molecule has 7 nitrogen and oxygen atoms in total. The summed E-state index contributed by atoms with van der Waals surface area (Å²) in [6.45, 7) is 1.67. The highest BCUT2D eigenvalue weighted by atomic mass is 32.2. The molecule has 1 saturated heterocycles. The molecule has 1 atom stereocenters. The van der Waals surface area contributed by atoms with Gasteiger partial charge >= 0.3 is 0 Å². The average Bonchev–Trinajstić information content (AvgIpc) is 3.24. The molecule has 0 unspecified atom stereocenters. The fraction of sp³-hybridized carbons (Fsp3) is 0.304. The number of aromatic nitrogens is 2. The summed E-state index contributed by atoms with van der Waals surface area (Å²) in [5.74, 6) is -0.722. The molecular weight excluding hydrogens is 450 g/mol. The Balaban J connectivity index is 1.52. The van der Waals surface area contributed by atoms with Crippen molar-refractivity contribution in [1.29, 1.82) is 5.41 Å². The van der Waals surface area contributed by atoms with E-state index >= 15 is 0 Å². The topological polar surface area (TPSA) is 111 Å². The Kier molecular flexibility index (Phi) is 6.20. The summed E-state index contributed by atoms with van der Waals surface area (Å²) in [6, 6.07) is 8.02. The van der Waals surface area contributed by atoms with Gasteiger partial charge in [0.1, 0.15) is 33.3 Å². The van der Waals surface area contributed by atoms with Crippen LogP contribution >= 0.6 is 0 Å². The minimum atomic E-state index is -2.98. The highest BCUT2D eigenvalue weighted by Crippen LogP contribution is 2.28. The molecular formula is C23H24F2N4O3S. The Morgan fingerprint density at radius 1 is 1.18 bits per heavy atom. The van der Waals surface area contributed by atoms with Crippen molar-refractivity contribution in [3.05, 3.63) is 77.1 Å². The molecule has 2 heterocycles. The Hall–Kier alpha value is -3.27. The van der Waals surface area contributed by atoms with E-state index in [-0.39, 0.29) is 23.3 Å². The maximum atomic E-state index is 13.5. The highest BCUT2D eigenvalue weighted by Gasteiger charge is 2.25. The van der Waals surface area contributed by atoms with E-state index in [1.807, 2.05) is 0 Å². The van der Waals surface area contributed by atoms with Crippen LogP contribution in [0.15, 0.2) is 48.8 Å². The first-order valence-electron chi connectivity index (χ1n) is 10.5. The predicted octanol–water partition coefficient (Wildman–Crippen LogP) is 4.05. The van der Waals surface area contributed by atoms with Gasteiger partial charge in [0, 0.05) is 29.1 Å². The van der Waals surface area contributed by atoms with Gasteiger partial charge in [0.2, 0.25) is 0 Å². The normalized spacial score (nSPS) is 16.9. The zero-order valence-electron chi connectivity index (χ0n) is 18.0. The lowest BCUT2D eigenvalue weighted by atomic mass is 10.0. The second-order valence-electron chi connectivity index (χ2n) is 8.18. The number of sulfone groups is 1. The van der Waals surface area contributed by atoms with Crippen LogP contribution in [-0.2, 0) is 9.84 Å². The summed E-state index contributed by atoms with van der Waals surface area (Å²) >= 11 is 0. The molecule has 1 aromatic heterocycles. The van der Waals surface area contributed by atoms with Gasteiger partial charge < -0.3 is 10.5 Å². The molecule has 0 spiro atoms. The van der Waals surface area contributed by atoms with E-state index < -0.39 is 27.6 Å². The van der Waals surface area contributed by atoms with Gasteiger partial charge in [-0.25, -0.2) is 17.2 Å². The molecule has 33 heavy (non-hydrogen) atoms. The van der Waals surface area contributed by atoms with Crippen molar-refractivity contribution in [3.63, 3.8) is 0 Å². The smallest absolute Gasteiger partial charge is 0.150 e. The van der Waals surface area contributed by atoms with Crippen LogP contribution in [0.1, 0.15) is 48.6 Å². The number of nitrogen functional groups attached to an aromatic ring is 1. The Labute approximate surface area is 190 Å². The van der Waals surface area contributed by atoms with E-state index in [2.05, 4.69) is 5.10 Å². The maximum absolute atomic E-state index is 13.5. The fourth-order valence-corrected chi connectivity index (χ4v) is 5.34. The molecule has 1 aliphatic heterocycles. The summed E-state index contributed by atoms with van der Waals surface area (Å²) in [7, 11) is -2.98. The predicted molar refractivity (Wildman–Crippen MR) is 121 cm³/mol. The summed E-state index contributed by atoms with van der Waals surface area (Å²) in [5.41, 5.74) is 7.91. The van der Waals surface area contributed by atoms with Crippen LogP contribution < -0.4 is 10.5 Å². The van der Waals surface area contributed by atoms with Gasteiger partial charge in [-0.05, 0) is 55.7 Å². The summed E-state index contributed by atoms with van der Waals surface area (Å²) in [4.78, 5) is 0. The third kappa shape index (κ3) is 5.22. The van der Waals surface area contributed by atoms with Crippen molar-refractivity contribution in [2.75, 3.05) is 17.2 Å². The lowest BCUT2D eigenvalue weighted by Crippen LogP contribution is -2.25. The first kappa shape index (κ1) is 22.9. The van der Waals surface area contributed by atoms with Crippen LogP contribution in [0, 0.1) is 17.0 Å². The summed E-state index contributed by atoms with van der Waals surface area (Å²) < 4.78 is 58.0. The Morgan fingerprint density at radius 3 is 2.52 bits per heavy atom. The van der Waals surface area contributed by atoms with Crippen LogP contribution in [0.3, 0.4) is 0 Å². The van der Waals surface area contributed by atoms with E-state index in [0.717, 1.165) is 6.07 Å². The molecule has 3 N–H and O–H groups in total. The maximum Gasteiger partial charge on any atom is 0.150 e. The number of hydrogen-bond donors (Lipinski definition) is 2. The summed E-state index contributed by atoms with van der Waals surface area (Å²) in [5, 5.41) is 12.9. The van der Waals surface area contributed by atoms with E-state index in [1.54, 1.807) is 42.2 Å². The van der Waals surface area contributed by atoms with Crippen LogP contribution in [-0.4, -0.2) is 35.4 Å². The molecule has 0 amide bonds. The first-order valence-corrected chi connectivity index (χ1v) is 12.3. The molecule has 0 radical (unpaired) electrons. The molecule has 2 aromatic carbocycles. The van der Waals surface area contributed by atoms with Gasteiger partial charge in [-0.2, -0.15) is 5.10 Å². The van der Waals surface area contributed by atoms with E-state index in [0.29, 0.717) is 41.0 Å². The molecule has 174 valence electrons. The molecule has 10 heteroatoms. The van der Waals surface area contributed by atoms with Crippen molar-refractivity contribution >= 4 is 21.2 Å². The Bertz CT molecular complexity index is 1270. The second kappa shape index (κ2) is 8.93. The number of anilines is 1. The first-order chi connectivity index (χ1) is 15.6. The van der Waals surface area contributed by atoms with E-state index in [9.17, 15) is 17.2 Å². The monoisotopic (exact) mass is 474 g/mol. The number of nitrogens with two attached hydrogens (primary N) is 1. The van der Waals surface area contributed by atoms with Crippen molar-refractivity contribution in [3.8, 4) is 5.75 Å². The Morgan fingerprint density at radius 2 is 1.85 bits per heavy atom. The van der Waals surface area contributed by atoms with Crippen molar-refractivity contribution < 1.29 is 21.9 Å². The minimum absolute atomic E-state index is 0.0328. The van der Waals surface area contributed by atoms with E-state index in [1.165, 1.54) is 12.1 Å². The molecule has 3 aromatic rings. The number of ether oxygens (including phenoxy) is 1. The van der Waals surface area contributed by atoms with Crippen molar-refractivity contribution in [2.45, 2.75) is 31.9 Å². The van der Waals surface area contributed by atoms with Gasteiger partial charge in [-0.1, -0.05) is 0 Å². The third-order valence-electron chi connectivity index (χ3n) is 5.75. The van der Waals surface area contributed by atoms with Crippen molar-refractivity contribution in [1.82, 2.24) is 9.78 Å². The zero-order chi connectivity index (χ0) is 23.8.